The molecule has 0 amide bonds. The molecule has 1 aromatic heterocycles. The highest BCUT2D eigenvalue weighted by atomic mass is 16.5. The van der Waals surface area contributed by atoms with Crippen LogP contribution < -0.4 is 15.0 Å². The number of ether oxygens (including phenoxy) is 1. The summed E-state index contributed by atoms with van der Waals surface area (Å²) in [7, 11) is 3.48. The molecule has 0 aliphatic rings. The monoisotopic (exact) mass is 249 g/mol. The van der Waals surface area contributed by atoms with Crippen molar-refractivity contribution in [2.45, 2.75) is 26.3 Å². The molecule has 1 atom stereocenters. The van der Waals surface area contributed by atoms with Crippen LogP contribution in [0.25, 0.3) is 0 Å². The van der Waals surface area contributed by atoms with Crippen molar-refractivity contribution in [1.82, 2.24) is 9.97 Å². The molecule has 0 saturated heterocycles. The van der Waals surface area contributed by atoms with E-state index in [9.17, 15) is 0 Å². The highest BCUT2D eigenvalue weighted by Gasteiger charge is 2.18. The highest BCUT2D eigenvalue weighted by Crippen LogP contribution is 2.32. The van der Waals surface area contributed by atoms with Crippen LogP contribution in [0.5, 0.6) is 5.75 Å². The Morgan fingerprint density at radius 1 is 1.56 bits per heavy atom. The third-order valence-corrected chi connectivity index (χ3v) is 2.72. The second-order valence-corrected chi connectivity index (χ2v) is 3.93. The van der Waals surface area contributed by atoms with Gasteiger partial charge in [0, 0.05) is 19.6 Å². The summed E-state index contributed by atoms with van der Waals surface area (Å²) < 4.78 is 5.37. The second kappa shape index (κ2) is 6.64. The maximum absolute atomic E-state index is 8.74. The standard InChI is InChI=1S/C12H19N5O/c1-5-14-11-10(18-4)12(16-8-15-11)17(3)9(2)6-7-13/h8-9H,5-6H2,1-4H3,(H,14,15,16). The lowest BCUT2D eigenvalue weighted by atomic mass is 10.2. The van der Waals surface area contributed by atoms with Crippen LogP contribution in [0.2, 0.25) is 0 Å². The fraction of sp³-hybridized carbons (Fsp3) is 0.583. The Kier molecular flexibility index (Phi) is 5.18. The summed E-state index contributed by atoms with van der Waals surface area (Å²) in [4.78, 5) is 10.3. The molecule has 0 aliphatic carbocycles. The van der Waals surface area contributed by atoms with Gasteiger partial charge >= 0.3 is 0 Å². The van der Waals surface area contributed by atoms with Crippen LogP contribution in [0, 0.1) is 11.3 Å². The molecule has 1 N–H and O–H groups in total. The number of nitrogens with zero attached hydrogens (tertiary/aromatic N) is 4. The minimum absolute atomic E-state index is 0.0632. The molecule has 0 aliphatic heterocycles. The van der Waals surface area contributed by atoms with Crippen molar-refractivity contribution in [2.24, 2.45) is 0 Å². The van der Waals surface area contributed by atoms with Crippen molar-refractivity contribution >= 4 is 11.6 Å². The van der Waals surface area contributed by atoms with Gasteiger partial charge in [-0.15, -0.1) is 0 Å². The minimum Gasteiger partial charge on any atom is -0.490 e. The van der Waals surface area contributed by atoms with Crippen molar-refractivity contribution in [2.75, 3.05) is 30.9 Å². The van der Waals surface area contributed by atoms with Gasteiger partial charge in [-0.3, -0.25) is 0 Å². The van der Waals surface area contributed by atoms with Gasteiger partial charge < -0.3 is 15.0 Å². The smallest absolute Gasteiger partial charge is 0.204 e. The van der Waals surface area contributed by atoms with E-state index in [2.05, 4.69) is 21.4 Å². The summed E-state index contributed by atoms with van der Waals surface area (Å²) in [6.45, 7) is 4.71. The molecule has 1 rings (SSSR count). The van der Waals surface area contributed by atoms with E-state index in [1.54, 1.807) is 7.11 Å². The Hall–Kier alpha value is -2.03. The number of hydrogen-bond donors (Lipinski definition) is 1. The Morgan fingerprint density at radius 2 is 2.28 bits per heavy atom. The van der Waals surface area contributed by atoms with E-state index in [1.807, 2.05) is 25.8 Å². The van der Waals surface area contributed by atoms with E-state index in [-0.39, 0.29) is 6.04 Å². The average Bonchev–Trinajstić information content (AvgIpc) is 2.38. The van der Waals surface area contributed by atoms with Gasteiger partial charge in [-0.25, -0.2) is 9.97 Å². The van der Waals surface area contributed by atoms with Crippen molar-refractivity contribution in [1.29, 1.82) is 5.26 Å². The molecular weight excluding hydrogens is 230 g/mol. The first-order valence-electron chi connectivity index (χ1n) is 5.88. The normalized spacial score (nSPS) is 11.5. The molecule has 0 aromatic carbocycles. The van der Waals surface area contributed by atoms with Gasteiger partial charge in [0.2, 0.25) is 5.75 Å². The number of nitriles is 1. The van der Waals surface area contributed by atoms with E-state index in [0.29, 0.717) is 23.8 Å². The van der Waals surface area contributed by atoms with Crippen LogP contribution in [0.4, 0.5) is 11.6 Å². The average molecular weight is 249 g/mol. The molecule has 0 radical (unpaired) electrons. The van der Waals surface area contributed by atoms with Crippen LogP contribution in [0.15, 0.2) is 6.33 Å². The van der Waals surface area contributed by atoms with E-state index in [4.69, 9.17) is 10.00 Å². The van der Waals surface area contributed by atoms with Crippen LogP contribution in [-0.2, 0) is 0 Å². The number of hydrogen-bond acceptors (Lipinski definition) is 6. The summed E-state index contributed by atoms with van der Waals surface area (Å²) in [5.74, 6) is 1.96. The highest BCUT2D eigenvalue weighted by molar-refractivity contribution is 5.64. The number of rotatable bonds is 6. The number of aromatic nitrogens is 2. The minimum atomic E-state index is 0.0632. The van der Waals surface area contributed by atoms with Crippen molar-refractivity contribution < 1.29 is 4.74 Å². The molecule has 98 valence electrons. The fourth-order valence-corrected chi connectivity index (χ4v) is 1.57. The Balaban J connectivity index is 3.08. The Bertz CT molecular complexity index is 429. The van der Waals surface area contributed by atoms with Gasteiger partial charge in [0.15, 0.2) is 11.6 Å². The predicted molar refractivity (Wildman–Crippen MR) is 70.8 cm³/mol. The molecule has 0 saturated carbocycles. The zero-order valence-electron chi connectivity index (χ0n) is 11.3. The molecule has 6 nitrogen and oxygen atoms in total. The fourth-order valence-electron chi connectivity index (χ4n) is 1.57. The number of nitrogens with one attached hydrogen (secondary N) is 1. The summed E-state index contributed by atoms with van der Waals surface area (Å²) in [6.07, 6.45) is 1.92. The van der Waals surface area contributed by atoms with Crippen molar-refractivity contribution in [3.05, 3.63) is 6.33 Å². The Labute approximate surface area is 108 Å². The molecule has 0 bridgehead atoms. The third-order valence-electron chi connectivity index (χ3n) is 2.72. The zero-order chi connectivity index (χ0) is 13.5. The van der Waals surface area contributed by atoms with E-state index >= 15 is 0 Å². The maximum atomic E-state index is 8.74. The third kappa shape index (κ3) is 3.00. The molecule has 1 heterocycles. The van der Waals surface area contributed by atoms with Gasteiger partial charge in [0.05, 0.1) is 19.6 Å². The molecule has 1 aromatic rings. The summed E-state index contributed by atoms with van der Waals surface area (Å²) >= 11 is 0. The SMILES string of the molecule is CCNc1ncnc(N(C)C(C)CC#N)c1OC. The van der Waals surface area contributed by atoms with Gasteiger partial charge in [0.25, 0.3) is 0 Å². The summed E-state index contributed by atoms with van der Waals surface area (Å²) in [6, 6.07) is 2.22. The molecule has 18 heavy (non-hydrogen) atoms. The maximum Gasteiger partial charge on any atom is 0.204 e. The molecule has 6 heteroatoms. The van der Waals surface area contributed by atoms with Crippen molar-refractivity contribution in [3.63, 3.8) is 0 Å². The van der Waals surface area contributed by atoms with Crippen LogP contribution in [0.1, 0.15) is 20.3 Å². The van der Waals surface area contributed by atoms with E-state index in [1.165, 1.54) is 6.33 Å². The lowest BCUT2D eigenvalue weighted by Crippen LogP contribution is -2.29. The first-order chi connectivity index (χ1) is 8.65. The van der Waals surface area contributed by atoms with Gasteiger partial charge in [-0.2, -0.15) is 5.26 Å². The van der Waals surface area contributed by atoms with E-state index in [0.717, 1.165) is 6.54 Å². The van der Waals surface area contributed by atoms with Gasteiger partial charge in [0.1, 0.15) is 6.33 Å². The molecule has 0 spiro atoms. The van der Waals surface area contributed by atoms with Crippen LogP contribution >= 0.6 is 0 Å². The van der Waals surface area contributed by atoms with Crippen LogP contribution in [0.3, 0.4) is 0 Å². The number of methoxy groups -OCH3 is 1. The predicted octanol–water partition coefficient (Wildman–Crippen LogP) is 1.66. The quantitative estimate of drug-likeness (QED) is 0.826. The largest absolute Gasteiger partial charge is 0.490 e. The van der Waals surface area contributed by atoms with Gasteiger partial charge in [-0.05, 0) is 13.8 Å². The lowest BCUT2D eigenvalue weighted by Gasteiger charge is -2.26. The second-order valence-electron chi connectivity index (χ2n) is 3.93. The van der Waals surface area contributed by atoms with E-state index < -0.39 is 0 Å². The van der Waals surface area contributed by atoms with Gasteiger partial charge in [-0.1, -0.05) is 0 Å². The Morgan fingerprint density at radius 3 is 2.83 bits per heavy atom. The summed E-state index contributed by atoms with van der Waals surface area (Å²) in [5, 5.41) is 11.9. The number of anilines is 2. The first-order valence-corrected chi connectivity index (χ1v) is 5.88. The molecule has 0 fully saturated rings. The zero-order valence-corrected chi connectivity index (χ0v) is 11.3. The lowest BCUT2D eigenvalue weighted by molar-refractivity contribution is 0.411. The first kappa shape index (κ1) is 14.0. The van der Waals surface area contributed by atoms with Crippen molar-refractivity contribution in [3.8, 4) is 11.8 Å². The topological polar surface area (TPSA) is 74.1 Å². The summed E-state index contributed by atoms with van der Waals surface area (Å²) in [5.41, 5.74) is 0. The molecule has 1 unspecified atom stereocenters. The molecular formula is C12H19N5O. The van der Waals surface area contributed by atoms with Crippen LogP contribution in [-0.4, -0.2) is 36.7 Å².